The van der Waals surface area contributed by atoms with Gasteiger partial charge in [0.2, 0.25) is 5.67 Å². The Balaban J connectivity index is 2.65. The van der Waals surface area contributed by atoms with E-state index in [1.165, 1.54) is 24.3 Å². The molecule has 0 fully saturated rings. The van der Waals surface area contributed by atoms with Gasteiger partial charge < -0.3 is 11.5 Å². The van der Waals surface area contributed by atoms with E-state index in [1.807, 2.05) is 0 Å². The van der Waals surface area contributed by atoms with Crippen molar-refractivity contribution in [2.24, 2.45) is 0 Å². The average molecular weight is 298 g/mol. The van der Waals surface area contributed by atoms with Gasteiger partial charge in [-0.3, -0.25) is 0 Å². The molecule has 21 heavy (non-hydrogen) atoms. The van der Waals surface area contributed by atoms with E-state index in [1.54, 1.807) is 0 Å². The molecule has 0 bridgehead atoms. The van der Waals surface area contributed by atoms with Crippen molar-refractivity contribution in [1.82, 2.24) is 0 Å². The van der Waals surface area contributed by atoms with Crippen LogP contribution in [0.3, 0.4) is 0 Å². The molecule has 0 atom stereocenters. The first-order valence-corrected chi connectivity index (χ1v) is 6.16. The van der Waals surface area contributed by atoms with Crippen molar-refractivity contribution in [3.8, 4) is 0 Å². The van der Waals surface area contributed by atoms with E-state index < -0.39 is 18.3 Å². The summed E-state index contributed by atoms with van der Waals surface area (Å²) in [5.41, 5.74) is 7.48. The number of hydrogen-bond acceptors (Lipinski definition) is 2. The molecule has 0 aliphatic rings. The Morgan fingerprint density at radius 2 is 1.05 bits per heavy atom. The minimum Gasteiger partial charge on any atom is -0.399 e. The summed E-state index contributed by atoms with van der Waals surface area (Å²) in [4.78, 5) is 0. The van der Waals surface area contributed by atoms with Gasteiger partial charge in [0.15, 0.2) is 6.67 Å². The average Bonchev–Trinajstić information content (AvgIpc) is 2.47. The Kier molecular flexibility index (Phi) is 3.80. The van der Waals surface area contributed by atoms with Crippen LogP contribution in [0.4, 0.5) is 28.9 Å². The summed E-state index contributed by atoms with van der Waals surface area (Å²) in [6.45, 7) is -2.13. The van der Waals surface area contributed by atoms with Crippen LogP contribution >= 0.6 is 0 Å². The number of hydrogen-bond donors (Lipinski definition) is 2. The maximum Gasteiger partial charge on any atom is 0.317 e. The summed E-state index contributed by atoms with van der Waals surface area (Å²) in [5.74, 6) is -4.22. The number of nitrogens with two attached hydrogens (primary N) is 2. The van der Waals surface area contributed by atoms with Gasteiger partial charge in [0.1, 0.15) is 0 Å². The summed E-state index contributed by atoms with van der Waals surface area (Å²) < 4.78 is 55.9. The highest BCUT2D eigenvalue weighted by molar-refractivity contribution is 5.48. The van der Waals surface area contributed by atoms with Crippen molar-refractivity contribution >= 4 is 11.4 Å². The van der Waals surface area contributed by atoms with E-state index in [0.717, 1.165) is 24.3 Å². The fourth-order valence-corrected chi connectivity index (χ4v) is 2.11. The highest BCUT2D eigenvalue weighted by Crippen LogP contribution is 2.47. The second-order valence-corrected chi connectivity index (χ2v) is 4.74. The van der Waals surface area contributed by atoms with Gasteiger partial charge in [-0.05, 0) is 35.4 Å². The van der Waals surface area contributed by atoms with Crippen LogP contribution in [0.15, 0.2) is 48.5 Å². The standard InChI is InChI=1S/C15H14F4N2/c16-9-14(17,18)15(19,10-1-5-12(20)6-2-10)11-3-7-13(21)8-4-11/h1-8H,9,20-21H2. The van der Waals surface area contributed by atoms with Crippen LogP contribution < -0.4 is 11.5 Å². The maximum absolute atomic E-state index is 15.2. The molecule has 0 heterocycles. The Morgan fingerprint density at radius 3 is 1.33 bits per heavy atom. The predicted octanol–water partition coefficient (Wildman–Crippen LogP) is 3.67. The lowest BCUT2D eigenvalue weighted by molar-refractivity contribution is -0.134. The van der Waals surface area contributed by atoms with Crippen LogP contribution in [0.5, 0.6) is 0 Å². The number of benzene rings is 2. The van der Waals surface area contributed by atoms with Gasteiger partial charge in [0.25, 0.3) is 0 Å². The number of nitrogen functional groups attached to an aromatic ring is 2. The summed E-state index contributed by atoms with van der Waals surface area (Å²) in [6.07, 6.45) is 0. The largest absolute Gasteiger partial charge is 0.399 e. The van der Waals surface area contributed by atoms with Crippen LogP contribution in [0, 0.1) is 0 Å². The van der Waals surface area contributed by atoms with E-state index in [2.05, 4.69) is 0 Å². The molecule has 2 aromatic rings. The number of alkyl halides is 4. The van der Waals surface area contributed by atoms with Gasteiger partial charge in [0.05, 0.1) is 0 Å². The summed E-state index contributed by atoms with van der Waals surface area (Å²) in [6, 6.07) is 9.63. The fraction of sp³-hybridized carbons (Fsp3) is 0.200. The Morgan fingerprint density at radius 1 is 0.714 bits per heavy atom. The van der Waals surface area contributed by atoms with Gasteiger partial charge >= 0.3 is 5.92 Å². The molecule has 6 heteroatoms. The number of anilines is 2. The topological polar surface area (TPSA) is 52.0 Å². The molecule has 2 aromatic carbocycles. The molecule has 0 saturated heterocycles. The zero-order valence-electron chi connectivity index (χ0n) is 11.0. The van der Waals surface area contributed by atoms with Gasteiger partial charge in [-0.15, -0.1) is 0 Å². The molecule has 0 aliphatic heterocycles. The van der Waals surface area contributed by atoms with Crippen molar-refractivity contribution in [3.05, 3.63) is 59.7 Å². The van der Waals surface area contributed by atoms with Gasteiger partial charge in [-0.1, -0.05) is 24.3 Å². The second kappa shape index (κ2) is 5.27. The van der Waals surface area contributed by atoms with Gasteiger partial charge in [-0.2, -0.15) is 8.78 Å². The molecule has 0 aliphatic carbocycles. The van der Waals surface area contributed by atoms with Gasteiger partial charge in [0, 0.05) is 11.4 Å². The molecule has 2 rings (SSSR count). The van der Waals surface area contributed by atoms with Gasteiger partial charge in [-0.25, -0.2) is 8.78 Å². The number of halogens is 4. The highest BCUT2D eigenvalue weighted by Gasteiger charge is 2.57. The molecular weight excluding hydrogens is 284 g/mol. The van der Waals surface area contributed by atoms with E-state index in [9.17, 15) is 13.2 Å². The molecule has 0 saturated carbocycles. The highest BCUT2D eigenvalue weighted by atomic mass is 19.3. The lowest BCUT2D eigenvalue weighted by atomic mass is 9.83. The maximum atomic E-state index is 15.2. The van der Waals surface area contributed by atoms with Crippen LogP contribution in [0.1, 0.15) is 11.1 Å². The SMILES string of the molecule is Nc1ccc(C(F)(c2ccc(N)cc2)C(F)(F)CF)cc1. The van der Waals surface area contributed by atoms with Crippen molar-refractivity contribution in [2.45, 2.75) is 11.6 Å². The molecule has 0 unspecified atom stereocenters. The Labute approximate surface area is 119 Å². The van der Waals surface area contributed by atoms with Crippen molar-refractivity contribution in [2.75, 3.05) is 18.1 Å². The van der Waals surface area contributed by atoms with Crippen LogP contribution in [0.2, 0.25) is 0 Å². The quantitative estimate of drug-likeness (QED) is 0.668. The van der Waals surface area contributed by atoms with Crippen LogP contribution in [-0.4, -0.2) is 12.6 Å². The third kappa shape index (κ3) is 2.53. The third-order valence-corrected chi connectivity index (χ3v) is 3.29. The van der Waals surface area contributed by atoms with Crippen molar-refractivity contribution in [3.63, 3.8) is 0 Å². The number of rotatable bonds is 4. The summed E-state index contributed by atoms with van der Waals surface area (Å²) in [7, 11) is 0. The van der Waals surface area contributed by atoms with E-state index in [0.29, 0.717) is 11.4 Å². The Hall–Kier alpha value is -2.24. The zero-order chi connectivity index (χ0) is 15.7. The molecular formula is C15H14F4N2. The van der Waals surface area contributed by atoms with Crippen LogP contribution in [-0.2, 0) is 5.67 Å². The van der Waals surface area contributed by atoms with E-state index in [-0.39, 0.29) is 11.1 Å². The molecule has 4 N–H and O–H groups in total. The van der Waals surface area contributed by atoms with Crippen molar-refractivity contribution < 1.29 is 17.6 Å². The molecule has 0 aromatic heterocycles. The fourth-order valence-electron chi connectivity index (χ4n) is 2.11. The predicted molar refractivity (Wildman–Crippen MR) is 74.5 cm³/mol. The summed E-state index contributed by atoms with van der Waals surface area (Å²) in [5, 5.41) is 0. The van der Waals surface area contributed by atoms with Crippen LogP contribution in [0.25, 0.3) is 0 Å². The second-order valence-electron chi connectivity index (χ2n) is 4.74. The molecule has 112 valence electrons. The minimum absolute atomic E-state index is 0.293. The normalized spacial score (nSPS) is 12.4. The minimum atomic E-state index is -4.22. The molecule has 0 spiro atoms. The zero-order valence-corrected chi connectivity index (χ0v) is 11.0. The lowest BCUT2D eigenvalue weighted by Crippen LogP contribution is -2.44. The summed E-state index contributed by atoms with van der Waals surface area (Å²) >= 11 is 0. The lowest BCUT2D eigenvalue weighted by Gasteiger charge is -2.33. The third-order valence-electron chi connectivity index (χ3n) is 3.29. The van der Waals surface area contributed by atoms with E-state index >= 15 is 4.39 Å². The van der Waals surface area contributed by atoms with Crippen molar-refractivity contribution in [1.29, 1.82) is 0 Å². The Bertz CT molecular complexity index is 563. The molecule has 0 radical (unpaired) electrons. The molecule has 2 nitrogen and oxygen atoms in total. The smallest absolute Gasteiger partial charge is 0.317 e. The first kappa shape index (κ1) is 15.2. The first-order chi connectivity index (χ1) is 9.81. The monoisotopic (exact) mass is 298 g/mol. The van der Waals surface area contributed by atoms with E-state index in [4.69, 9.17) is 11.5 Å². The first-order valence-electron chi connectivity index (χ1n) is 6.16. The molecule has 0 amide bonds.